The van der Waals surface area contributed by atoms with Gasteiger partial charge in [-0.2, -0.15) is 0 Å². The van der Waals surface area contributed by atoms with E-state index in [4.69, 9.17) is 4.74 Å². The summed E-state index contributed by atoms with van der Waals surface area (Å²) in [6, 6.07) is 0. The van der Waals surface area contributed by atoms with Crippen LogP contribution in [0.4, 0.5) is 0 Å². The molecule has 0 aromatic rings. The number of cyclic esters (lactones) is 1. The second-order valence-electron chi connectivity index (χ2n) is 3.93. The molecule has 0 bridgehead atoms. The van der Waals surface area contributed by atoms with Gasteiger partial charge in [-0.15, -0.1) is 0 Å². The first kappa shape index (κ1) is 9.50. The summed E-state index contributed by atoms with van der Waals surface area (Å²) in [6.45, 7) is 2.13. The van der Waals surface area contributed by atoms with E-state index in [0.29, 0.717) is 0 Å². The smallest absolute Gasteiger partial charge is 0.339 e. The van der Waals surface area contributed by atoms with Crippen LogP contribution in [-0.4, -0.2) is 5.97 Å². The minimum Gasteiger partial charge on any atom is -0.427 e. The Labute approximate surface area is 84.6 Å². The molecular formula is C12H16O2. The molecule has 0 spiro atoms. The Morgan fingerprint density at radius 3 is 3.29 bits per heavy atom. The minimum absolute atomic E-state index is 0.114. The van der Waals surface area contributed by atoms with Crippen molar-refractivity contribution >= 4 is 5.97 Å². The van der Waals surface area contributed by atoms with Crippen molar-refractivity contribution < 1.29 is 9.53 Å². The Morgan fingerprint density at radius 1 is 1.64 bits per heavy atom. The first-order valence-electron chi connectivity index (χ1n) is 5.45. The number of esters is 1. The maximum Gasteiger partial charge on any atom is 0.339 e. The lowest BCUT2D eigenvalue weighted by atomic mass is 9.88. The molecule has 2 rings (SSSR count). The Balaban J connectivity index is 2.19. The maximum absolute atomic E-state index is 11.5. The third-order valence-electron chi connectivity index (χ3n) is 2.86. The average molecular weight is 192 g/mol. The Morgan fingerprint density at radius 2 is 2.50 bits per heavy atom. The van der Waals surface area contributed by atoms with Crippen molar-refractivity contribution in [3.8, 4) is 0 Å². The second kappa shape index (κ2) is 3.99. The van der Waals surface area contributed by atoms with Gasteiger partial charge in [0.15, 0.2) is 0 Å². The van der Waals surface area contributed by atoms with E-state index < -0.39 is 0 Å². The van der Waals surface area contributed by atoms with Crippen LogP contribution in [0.5, 0.6) is 0 Å². The van der Waals surface area contributed by atoms with Gasteiger partial charge in [0, 0.05) is 11.5 Å². The number of hydrogen-bond acceptors (Lipinski definition) is 2. The van der Waals surface area contributed by atoms with E-state index in [-0.39, 0.29) is 11.9 Å². The van der Waals surface area contributed by atoms with Gasteiger partial charge in [-0.25, -0.2) is 4.79 Å². The Hall–Kier alpha value is -1.05. The predicted molar refractivity (Wildman–Crippen MR) is 54.5 cm³/mol. The third-order valence-corrected chi connectivity index (χ3v) is 2.86. The normalized spacial score (nSPS) is 28.6. The van der Waals surface area contributed by atoms with Gasteiger partial charge in [0.25, 0.3) is 0 Å². The Kier molecular flexibility index (Phi) is 2.71. The molecule has 0 radical (unpaired) electrons. The summed E-state index contributed by atoms with van der Waals surface area (Å²) in [5.41, 5.74) is 0.901. The molecule has 1 heterocycles. The van der Waals surface area contributed by atoms with E-state index in [1.807, 2.05) is 6.08 Å². The fraction of sp³-hybridized carbons (Fsp3) is 0.583. The summed E-state index contributed by atoms with van der Waals surface area (Å²) in [6.07, 6.45) is 9.51. The lowest BCUT2D eigenvalue weighted by Gasteiger charge is -2.13. The third kappa shape index (κ3) is 1.61. The molecule has 76 valence electrons. The van der Waals surface area contributed by atoms with Crippen molar-refractivity contribution in [1.82, 2.24) is 0 Å². The number of fused-ring (bicyclic) bond motifs is 1. The van der Waals surface area contributed by atoms with Gasteiger partial charge in [-0.3, -0.25) is 0 Å². The zero-order chi connectivity index (χ0) is 9.97. The summed E-state index contributed by atoms with van der Waals surface area (Å²) >= 11 is 0. The van der Waals surface area contributed by atoms with Gasteiger partial charge in [0.2, 0.25) is 0 Å². The number of carbonyl (C=O) groups excluding carboxylic acids is 1. The molecule has 1 atom stereocenters. The van der Waals surface area contributed by atoms with E-state index >= 15 is 0 Å². The summed E-state index contributed by atoms with van der Waals surface area (Å²) in [7, 11) is 0. The minimum atomic E-state index is -0.114. The highest BCUT2D eigenvalue weighted by atomic mass is 16.5. The van der Waals surface area contributed by atoms with Crippen LogP contribution in [0, 0.1) is 5.92 Å². The van der Waals surface area contributed by atoms with Crippen molar-refractivity contribution in [1.29, 1.82) is 0 Å². The van der Waals surface area contributed by atoms with Crippen LogP contribution in [0.15, 0.2) is 23.5 Å². The van der Waals surface area contributed by atoms with E-state index in [9.17, 15) is 4.79 Å². The van der Waals surface area contributed by atoms with Crippen LogP contribution in [0.2, 0.25) is 0 Å². The van der Waals surface area contributed by atoms with Crippen LogP contribution < -0.4 is 0 Å². The van der Waals surface area contributed by atoms with Gasteiger partial charge in [0.05, 0.1) is 0 Å². The lowest BCUT2D eigenvalue weighted by Crippen LogP contribution is -2.06. The van der Waals surface area contributed by atoms with Crippen LogP contribution >= 0.6 is 0 Å². The SMILES string of the molecule is CCCC=C1OC(=O)C2=CCCCC12. The van der Waals surface area contributed by atoms with E-state index in [1.165, 1.54) is 6.42 Å². The summed E-state index contributed by atoms with van der Waals surface area (Å²) in [5.74, 6) is 1.07. The largest absolute Gasteiger partial charge is 0.427 e. The number of unbranched alkanes of at least 4 members (excludes halogenated alkanes) is 1. The molecule has 1 unspecified atom stereocenters. The molecule has 2 aliphatic rings. The zero-order valence-corrected chi connectivity index (χ0v) is 8.58. The first-order valence-corrected chi connectivity index (χ1v) is 5.45. The Bertz CT molecular complexity index is 299. The maximum atomic E-state index is 11.5. The van der Waals surface area contributed by atoms with Crippen molar-refractivity contribution in [2.75, 3.05) is 0 Å². The van der Waals surface area contributed by atoms with Crippen LogP contribution in [-0.2, 0) is 9.53 Å². The standard InChI is InChI=1S/C12H16O2/c1-2-3-8-11-9-6-4-5-7-10(9)12(13)14-11/h7-9H,2-6H2,1H3. The number of hydrogen-bond donors (Lipinski definition) is 0. The van der Waals surface area contributed by atoms with Crippen molar-refractivity contribution in [3.63, 3.8) is 0 Å². The fourth-order valence-corrected chi connectivity index (χ4v) is 2.11. The molecule has 2 nitrogen and oxygen atoms in total. The highest BCUT2D eigenvalue weighted by Crippen LogP contribution is 2.38. The van der Waals surface area contributed by atoms with Crippen LogP contribution in [0.1, 0.15) is 39.0 Å². The van der Waals surface area contributed by atoms with Crippen LogP contribution in [0.3, 0.4) is 0 Å². The molecular weight excluding hydrogens is 176 g/mol. The van der Waals surface area contributed by atoms with Crippen LogP contribution in [0.25, 0.3) is 0 Å². The van der Waals surface area contributed by atoms with E-state index in [0.717, 1.165) is 37.0 Å². The number of allylic oxidation sites excluding steroid dienone is 3. The molecule has 0 saturated carbocycles. The van der Waals surface area contributed by atoms with Gasteiger partial charge in [0.1, 0.15) is 5.76 Å². The molecule has 14 heavy (non-hydrogen) atoms. The monoisotopic (exact) mass is 192 g/mol. The van der Waals surface area contributed by atoms with Gasteiger partial charge in [-0.05, 0) is 31.8 Å². The summed E-state index contributed by atoms with van der Waals surface area (Å²) in [4.78, 5) is 11.5. The number of ether oxygens (including phenoxy) is 1. The molecule has 2 heteroatoms. The van der Waals surface area contributed by atoms with Crippen molar-refractivity contribution in [3.05, 3.63) is 23.5 Å². The number of carbonyl (C=O) groups is 1. The zero-order valence-electron chi connectivity index (χ0n) is 8.58. The molecule has 1 aliphatic heterocycles. The van der Waals surface area contributed by atoms with Gasteiger partial charge in [-0.1, -0.05) is 19.4 Å². The molecule has 0 aromatic carbocycles. The quantitative estimate of drug-likeness (QED) is 0.629. The topological polar surface area (TPSA) is 26.3 Å². The van der Waals surface area contributed by atoms with Crippen molar-refractivity contribution in [2.24, 2.45) is 5.92 Å². The lowest BCUT2D eigenvalue weighted by molar-refractivity contribution is -0.132. The average Bonchev–Trinajstić information content (AvgIpc) is 2.54. The highest BCUT2D eigenvalue weighted by Gasteiger charge is 2.36. The molecule has 0 aromatic heterocycles. The van der Waals surface area contributed by atoms with Gasteiger partial charge < -0.3 is 4.74 Å². The second-order valence-corrected chi connectivity index (χ2v) is 3.93. The number of rotatable bonds is 2. The molecule has 1 saturated heterocycles. The first-order chi connectivity index (χ1) is 6.83. The summed E-state index contributed by atoms with van der Waals surface area (Å²) < 4.78 is 5.26. The van der Waals surface area contributed by atoms with E-state index in [2.05, 4.69) is 13.0 Å². The van der Waals surface area contributed by atoms with Crippen molar-refractivity contribution in [2.45, 2.75) is 39.0 Å². The molecule has 1 fully saturated rings. The fourth-order valence-electron chi connectivity index (χ4n) is 2.11. The summed E-state index contributed by atoms with van der Waals surface area (Å²) in [5, 5.41) is 0. The molecule has 0 N–H and O–H groups in total. The predicted octanol–water partition coefficient (Wildman–Crippen LogP) is 2.95. The molecule has 1 aliphatic carbocycles. The molecule has 0 amide bonds. The van der Waals surface area contributed by atoms with E-state index in [1.54, 1.807) is 0 Å². The van der Waals surface area contributed by atoms with Gasteiger partial charge >= 0.3 is 5.97 Å². The highest BCUT2D eigenvalue weighted by molar-refractivity contribution is 5.93.